The number of hydrogen-bond donors (Lipinski definition) is 1. The van der Waals surface area contributed by atoms with E-state index in [9.17, 15) is 0 Å². The number of nitrogens with two attached hydrogens (primary N) is 1. The second kappa shape index (κ2) is 6.03. The molecule has 2 unspecified atom stereocenters. The second-order valence-electron chi connectivity index (χ2n) is 4.60. The maximum atomic E-state index is 5.84. The van der Waals surface area contributed by atoms with Gasteiger partial charge in [-0.05, 0) is 44.4 Å². The summed E-state index contributed by atoms with van der Waals surface area (Å²) in [5, 5.41) is 0. The van der Waals surface area contributed by atoms with Gasteiger partial charge in [-0.2, -0.15) is 0 Å². The predicted molar refractivity (Wildman–Crippen MR) is 68.3 cm³/mol. The Balaban J connectivity index is 1.89. The fourth-order valence-corrected chi connectivity index (χ4v) is 2.20. The first kappa shape index (κ1) is 12.4. The summed E-state index contributed by atoms with van der Waals surface area (Å²) in [6.45, 7) is 3.41. The molecule has 17 heavy (non-hydrogen) atoms. The van der Waals surface area contributed by atoms with Crippen LogP contribution in [-0.2, 0) is 11.2 Å². The van der Waals surface area contributed by atoms with E-state index in [-0.39, 0.29) is 6.10 Å². The lowest BCUT2D eigenvalue weighted by atomic mass is 10.1. The van der Waals surface area contributed by atoms with Crippen LogP contribution < -0.4 is 10.5 Å². The molecule has 0 spiro atoms. The lowest BCUT2D eigenvalue weighted by Crippen LogP contribution is -2.18. The summed E-state index contributed by atoms with van der Waals surface area (Å²) in [6, 6.07) is 8.09. The number of para-hydroxylation sites is 1. The zero-order valence-corrected chi connectivity index (χ0v) is 10.4. The highest BCUT2D eigenvalue weighted by Crippen LogP contribution is 2.22. The van der Waals surface area contributed by atoms with Gasteiger partial charge in [0.15, 0.2) is 0 Å². The van der Waals surface area contributed by atoms with Gasteiger partial charge in [0, 0.05) is 0 Å². The van der Waals surface area contributed by atoms with Crippen molar-refractivity contribution in [3.8, 4) is 5.75 Å². The Kier molecular flexibility index (Phi) is 4.40. The SMILES string of the molecule is CC1CCC(COc2ccccc2CCN)O1. The Morgan fingerprint density at radius 1 is 1.35 bits per heavy atom. The van der Waals surface area contributed by atoms with Crippen molar-refractivity contribution in [2.75, 3.05) is 13.2 Å². The largest absolute Gasteiger partial charge is 0.491 e. The molecule has 2 atom stereocenters. The molecule has 0 amide bonds. The fraction of sp³-hybridized carbons (Fsp3) is 0.571. The van der Waals surface area contributed by atoms with E-state index < -0.39 is 0 Å². The Labute approximate surface area is 103 Å². The minimum atomic E-state index is 0.246. The molecular weight excluding hydrogens is 214 g/mol. The minimum absolute atomic E-state index is 0.246. The molecule has 2 rings (SSSR count). The van der Waals surface area contributed by atoms with E-state index in [1.807, 2.05) is 18.2 Å². The van der Waals surface area contributed by atoms with E-state index in [2.05, 4.69) is 13.0 Å². The zero-order chi connectivity index (χ0) is 12.1. The lowest BCUT2D eigenvalue weighted by molar-refractivity contribution is 0.0262. The minimum Gasteiger partial charge on any atom is -0.491 e. The van der Waals surface area contributed by atoms with E-state index in [4.69, 9.17) is 15.2 Å². The molecule has 0 saturated carbocycles. The monoisotopic (exact) mass is 235 g/mol. The molecule has 1 aromatic carbocycles. The first-order valence-electron chi connectivity index (χ1n) is 6.36. The molecule has 1 heterocycles. The summed E-state index contributed by atoms with van der Waals surface area (Å²) in [7, 11) is 0. The normalized spacial score (nSPS) is 23.9. The number of hydrogen-bond acceptors (Lipinski definition) is 3. The Hall–Kier alpha value is -1.06. The highest BCUT2D eigenvalue weighted by Gasteiger charge is 2.22. The number of rotatable bonds is 5. The summed E-state index contributed by atoms with van der Waals surface area (Å²) in [6.07, 6.45) is 3.72. The average molecular weight is 235 g/mol. The summed E-state index contributed by atoms with van der Waals surface area (Å²) in [5.74, 6) is 0.945. The second-order valence-corrected chi connectivity index (χ2v) is 4.60. The van der Waals surface area contributed by atoms with Gasteiger partial charge in [0.2, 0.25) is 0 Å². The topological polar surface area (TPSA) is 44.5 Å². The van der Waals surface area contributed by atoms with Gasteiger partial charge in [0.1, 0.15) is 12.4 Å². The van der Waals surface area contributed by atoms with Crippen LogP contribution >= 0.6 is 0 Å². The molecule has 94 valence electrons. The van der Waals surface area contributed by atoms with Crippen LogP contribution in [0.5, 0.6) is 5.75 Å². The maximum absolute atomic E-state index is 5.84. The summed E-state index contributed by atoms with van der Waals surface area (Å²) >= 11 is 0. The van der Waals surface area contributed by atoms with E-state index in [0.717, 1.165) is 25.0 Å². The van der Waals surface area contributed by atoms with Crippen LogP contribution in [-0.4, -0.2) is 25.4 Å². The van der Waals surface area contributed by atoms with Crippen molar-refractivity contribution in [3.05, 3.63) is 29.8 Å². The van der Waals surface area contributed by atoms with Gasteiger partial charge in [-0.1, -0.05) is 18.2 Å². The van der Waals surface area contributed by atoms with Gasteiger partial charge in [-0.3, -0.25) is 0 Å². The summed E-state index contributed by atoms with van der Waals surface area (Å²) < 4.78 is 11.6. The molecule has 0 radical (unpaired) electrons. The molecule has 1 aromatic rings. The highest BCUT2D eigenvalue weighted by molar-refractivity contribution is 5.33. The van der Waals surface area contributed by atoms with Crippen LogP contribution in [0.1, 0.15) is 25.3 Å². The number of ether oxygens (including phenoxy) is 2. The molecule has 0 aliphatic carbocycles. The molecule has 0 bridgehead atoms. The van der Waals surface area contributed by atoms with Gasteiger partial charge in [0.05, 0.1) is 12.2 Å². The third-order valence-electron chi connectivity index (χ3n) is 3.13. The summed E-state index contributed by atoms with van der Waals surface area (Å²) in [4.78, 5) is 0. The zero-order valence-electron chi connectivity index (χ0n) is 10.4. The quantitative estimate of drug-likeness (QED) is 0.850. The van der Waals surface area contributed by atoms with Crippen molar-refractivity contribution in [2.45, 2.75) is 38.4 Å². The molecule has 1 aliphatic rings. The van der Waals surface area contributed by atoms with E-state index in [0.29, 0.717) is 19.3 Å². The third kappa shape index (κ3) is 3.45. The predicted octanol–water partition coefficient (Wildman–Crippen LogP) is 2.13. The first-order chi connectivity index (χ1) is 8.29. The fourth-order valence-electron chi connectivity index (χ4n) is 2.20. The van der Waals surface area contributed by atoms with Gasteiger partial charge in [-0.25, -0.2) is 0 Å². The van der Waals surface area contributed by atoms with Gasteiger partial charge in [-0.15, -0.1) is 0 Å². The molecular formula is C14H21NO2. The van der Waals surface area contributed by atoms with Crippen molar-refractivity contribution >= 4 is 0 Å². The van der Waals surface area contributed by atoms with E-state index in [1.54, 1.807) is 0 Å². The van der Waals surface area contributed by atoms with Crippen molar-refractivity contribution in [2.24, 2.45) is 5.73 Å². The molecule has 1 aliphatic heterocycles. The highest BCUT2D eigenvalue weighted by atomic mass is 16.5. The van der Waals surface area contributed by atoms with Gasteiger partial charge >= 0.3 is 0 Å². The smallest absolute Gasteiger partial charge is 0.122 e. The Bertz CT molecular complexity index is 354. The molecule has 3 heteroatoms. The van der Waals surface area contributed by atoms with Crippen molar-refractivity contribution < 1.29 is 9.47 Å². The standard InChI is InChI=1S/C14H21NO2/c1-11-6-7-13(17-11)10-16-14-5-3-2-4-12(14)8-9-15/h2-5,11,13H,6-10,15H2,1H3. The van der Waals surface area contributed by atoms with Crippen LogP contribution in [0.25, 0.3) is 0 Å². The van der Waals surface area contributed by atoms with Crippen molar-refractivity contribution in [1.29, 1.82) is 0 Å². The maximum Gasteiger partial charge on any atom is 0.122 e. The van der Waals surface area contributed by atoms with Crippen LogP contribution in [0.3, 0.4) is 0 Å². The molecule has 3 nitrogen and oxygen atoms in total. The molecule has 2 N–H and O–H groups in total. The van der Waals surface area contributed by atoms with Crippen LogP contribution in [0.15, 0.2) is 24.3 Å². The molecule has 1 fully saturated rings. The Morgan fingerprint density at radius 3 is 2.88 bits per heavy atom. The first-order valence-corrected chi connectivity index (χ1v) is 6.36. The number of benzene rings is 1. The van der Waals surface area contributed by atoms with E-state index >= 15 is 0 Å². The Morgan fingerprint density at radius 2 is 2.18 bits per heavy atom. The summed E-state index contributed by atoms with van der Waals surface area (Å²) in [5.41, 5.74) is 6.77. The van der Waals surface area contributed by atoms with Crippen LogP contribution in [0, 0.1) is 0 Å². The average Bonchev–Trinajstić information content (AvgIpc) is 2.74. The molecule has 0 aromatic heterocycles. The lowest BCUT2D eigenvalue weighted by Gasteiger charge is -2.15. The molecule has 1 saturated heterocycles. The van der Waals surface area contributed by atoms with E-state index in [1.165, 1.54) is 5.56 Å². The van der Waals surface area contributed by atoms with Crippen LogP contribution in [0.2, 0.25) is 0 Å². The van der Waals surface area contributed by atoms with Crippen molar-refractivity contribution in [1.82, 2.24) is 0 Å². The van der Waals surface area contributed by atoms with Crippen LogP contribution in [0.4, 0.5) is 0 Å². The third-order valence-corrected chi connectivity index (χ3v) is 3.13. The van der Waals surface area contributed by atoms with Crippen molar-refractivity contribution in [3.63, 3.8) is 0 Å². The van der Waals surface area contributed by atoms with Gasteiger partial charge in [0.25, 0.3) is 0 Å². The van der Waals surface area contributed by atoms with Gasteiger partial charge < -0.3 is 15.2 Å².